The molecule has 1 aromatic rings. The van der Waals surface area contributed by atoms with Gasteiger partial charge in [0.05, 0.1) is 14.2 Å². The first-order valence-electron chi connectivity index (χ1n) is 6.91. The van der Waals surface area contributed by atoms with Gasteiger partial charge in [-0.3, -0.25) is 9.59 Å². The van der Waals surface area contributed by atoms with Crippen LogP contribution in [0.2, 0.25) is 0 Å². The second kappa shape index (κ2) is 8.51. The smallest absolute Gasteiger partial charge is 0.325 e. The number of nitrogens with two attached hydrogens (primary N) is 1. The normalized spacial score (nSPS) is 9.70. The van der Waals surface area contributed by atoms with Crippen molar-refractivity contribution >= 4 is 17.6 Å². The van der Waals surface area contributed by atoms with E-state index in [1.165, 1.54) is 14.2 Å². The number of ether oxygens (including phenoxy) is 2. The SMILES string of the molecule is CC#CCC(CC#Cc1ccccc1N)(C(=O)OC)C(=O)OC. The largest absolute Gasteiger partial charge is 0.468 e. The molecule has 0 aromatic heterocycles. The molecule has 1 rings (SSSR count). The van der Waals surface area contributed by atoms with Gasteiger partial charge < -0.3 is 15.2 Å². The Kier molecular flexibility index (Phi) is 6.70. The van der Waals surface area contributed by atoms with Crippen LogP contribution in [-0.4, -0.2) is 26.2 Å². The minimum atomic E-state index is -1.57. The third kappa shape index (κ3) is 4.28. The standard InChI is InChI=1S/C18H19NO4/c1-4-5-12-18(16(20)22-2,17(21)23-3)13-8-10-14-9-6-7-11-15(14)19/h6-7,9,11H,12-13,19H2,1-3H3. The molecule has 23 heavy (non-hydrogen) atoms. The molecule has 120 valence electrons. The van der Waals surface area contributed by atoms with Crippen LogP contribution in [0, 0.1) is 29.1 Å². The third-order valence-corrected chi connectivity index (χ3v) is 3.29. The summed E-state index contributed by atoms with van der Waals surface area (Å²) in [6.45, 7) is 1.62. The molecular weight excluding hydrogens is 294 g/mol. The van der Waals surface area contributed by atoms with Crippen molar-refractivity contribution in [2.75, 3.05) is 20.0 Å². The number of hydrogen-bond acceptors (Lipinski definition) is 5. The molecule has 0 saturated carbocycles. The molecule has 0 radical (unpaired) electrons. The highest BCUT2D eigenvalue weighted by molar-refractivity contribution is 6.00. The van der Waals surface area contributed by atoms with Crippen molar-refractivity contribution in [3.8, 4) is 23.7 Å². The lowest BCUT2D eigenvalue weighted by Gasteiger charge is -2.23. The maximum Gasteiger partial charge on any atom is 0.325 e. The van der Waals surface area contributed by atoms with Crippen LogP contribution in [0.15, 0.2) is 24.3 Å². The molecule has 0 bridgehead atoms. The van der Waals surface area contributed by atoms with Crippen molar-refractivity contribution in [3.05, 3.63) is 29.8 Å². The van der Waals surface area contributed by atoms with E-state index < -0.39 is 17.4 Å². The fourth-order valence-electron chi connectivity index (χ4n) is 1.97. The molecule has 0 aliphatic rings. The zero-order chi connectivity index (χ0) is 17.3. The Morgan fingerprint density at radius 3 is 2.17 bits per heavy atom. The van der Waals surface area contributed by atoms with Crippen LogP contribution in [-0.2, 0) is 19.1 Å². The van der Waals surface area contributed by atoms with Crippen LogP contribution in [0.1, 0.15) is 25.3 Å². The molecule has 0 aliphatic heterocycles. The fourth-order valence-corrected chi connectivity index (χ4v) is 1.97. The molecule has 0 fully saturated rings. The zero-order valence-electron chi connectivity index (χ0n) is 13.4. The minimum absolute atomic E-state index is 0.0260. The van der Waals surface area contributed by atoms with E-state index in [-0.39, 0.29) is 12.8 Å². The predicted octanol–water partition coefficient (Wildman–Crippen LogP) is 1.76. The lowest BCUT2D eigenvalue weighted by atomic mass is 9.81. The summed E-state index contributed by atoms with van der Waals surface area (Å²) in [5.74, 6) is 9.65. The summed E-state index contributed by atoms with van der Waals surface area (Å²) in [7, 11) is 2.42. The Morgan fingerprint density at radius 1 is 1.09 bits per heavy atom. The number of nitrogen functional groups attached to an aromatic ring is 1. The Hall–Kier alpha value is -2.92. The molecule has 0 spiro atoms. The summed E-state index contributed by atoms with van der Waals surface area (Å²) in [6, 6.07) is 7.08. The molecule has 0 aliphatic carbocycles. The van der Waals surface area contributed by atoms with Crippen molar-refractivity contribution in [2.45, 2.75) is 19.8 Å². The van der Waals surface area contributed by atoms with Crippen molar-refractivity contribution in [1.82, 2.24) is 0 Å². The molecule has 0 saturated heterocycles. The number of esters is 2. The summed E-state index contributed by atoms with van der Waals surface area (Å²) >= 11 is 0. The van der Waals surface area contributed by atoms with E-state index in [0.717, 1.165) is 0 Å². The molecule has 0 amide bonds. The molecule has 5 heteroatoms. The van der Waals surface area contributed by atoms with Crippen LogP contribution >= 0.6 is 0 Å². The van der Waals surface area contributed by atoms with Crippen LogP contribution in [0.4, 0.5) is 5.69 Å². The first-order valence-corrected chi connectivity index (χ1v) is 6.91. The number of para-hydroxylation sites is 1. The molecular formula is C18H19NO4. The Morgan fingerprint density at radius 2 is 1.65 bits per heavy atom. The van der Waals surface area contributed by atoms with E-state index in [2.05, 4.69) is 23.7 Å². The van der Waals surface area contributed by atoms with E-state index >= 15 is 0 Å². The summed E-state index contributed by atoms with van der Waals surface area (Å²) in [5, 5.41) is 0. The van der Waals surface area contributed by atoms with E-state index in [1.807, 2.05) is 0 Å². The highest BCUT2D eigenvalue weighted by Gasteiger charge is 2.47. The number of anilines is 1. The van der Waals surface area contributed by atoms with Gasteiger partial charge in [-0.2, -0.15) is 0 Å². The average molecular weight is 313 g/mol. The van der Waals surface area contributed by atoms with Gasteiger partial charge in [-0.25, -0.2) is 0 Å². The number of carbonyl (C=O) groups excluding carboxylic acids is 2. The van der Waals surface area contributed by atoms with Crippen molar-refractivity contribution in [1.29, 1.82) is 0 Å². The molecule has 1 aromatic carbocycles. The Bertz CT molecular complexity index is 685. The summed E-state index contributed by atoms with van der Waals surface area (Å²) in [5.41, 5.74) is 5.39. The second-order valence-electron chi connectivity index (χ2n) is 4.73. The first-order chi connectivity index (χ1) is 11.0. The van der Waals surface area contributed by atoms with Gasteiger partial charge in [0.2, 0.25) is 0 Å². The number of methoxy groups -OCH3 is 2. The van der Waals surface area contributed by atoms with Crippen LogP contribution in [0.3, 0.4) is 0 Å². The quantitative estimate of drug-likeness (QED) is 0.396. The van der Waals surface area contributed by atoms with Gasteiger partial charge in [0.25, 0.3) is 0 Å². The van der Waals surface area contributed by atoms with Gasteiger partial charge in [0, 0.05) is 24.1 Å². The van der Waals surface area contributed by atoms with E-state index in [9.17, 15) is 9.59 Å². The Balaban J connectivity index is 3.19. The predicted molar refractivity (Wildman–Crippen MR) is 86.9 cm³/mol. The molecule has 0 unspecified atom stereocenters. The van der Waals surface area contributed by atoms with Crippen molar-refractivity contribution in [2.24, 2.45) is 5.41 Å². The molecule has 2 N–H and O–H groups in total. The van der Waals surface area contributed by atoms with Gasteiger partial charge in [0.1, 0.15) is 0 Å². The minimum Gasteiger partial charge on any atom is -0.468 e. The van der Waals surface area contributed by atoms with Crippen molar-refractivity contribution < 1.29 is 19.1 Å². The van der Waals surface area contributed by atoms with Gasteiger partial charge in [0.15, 0.2) is 5.41 Å². The van der Waals surface area contributed by atoms with Crippen LogP contribution < -0.4 is 5.73 Å². The van der Waals surface area contributed by atoms with Crippen LogP contribution in [0.5, 0.6) is 0 Å². The van der Waals surface area contributed by atoms with E-state index in [4.69, 9.17) is 15.2 Å². The number of hydrogen-bond donors (Lipinski definition) is 1. The summed E-state index contributed by atoms with van der Waals surface area (Å²) in [4.78, 5) is 24.3. The average Bonchev–Trinajstić information content (AvgIpc) is 2.58. The van der Waals surface area contributed by atoms with Gasteiger partial charge >= 0.3 is 11.9 Å². The van der Waals surface area contributed by atoms with Crippen LogP contribution in [0.25, 0.3) is 0 Å². The molecule has 0 atom stereocenters. The number of rotatable bonds is 4. The second-order valence-corrected chi connectivity index (χ2v) is 4.73. The summed E-state index contributed by atoms with van der Waals surface area (Å²) in [6.07, 6.45) is -0.100. The summed E-state index contributed by atoms with van der Waals surface area (Å²) < 4.78 is 9.52. The molecule has 0 heterocycles. The van der Waals surface area contributed by atoms with Gasteiger partial charge in [-0.15, -0.1) is 11.8 Å². The highest BCUT2D eigenvalue weighted by Crippen LogP contribution is 2.29. The number of carbonyl (C=O) groups is 2. The lowest BCUT2D eigenvalue weighted by molar-refractivity contribution is -0.168. The fraction of sp³-hybridized carbons (Fsp3) is 0.333. The number of benzene rings is 1. The zero-order valence-corrected chi connectivity index (χ0v) is 13.4. The van der Waals surface area contributed by atoms with Crippen molar-refractivity contribution in [3.63, 3.8) is 0 Å². The van der Waals surface area contributed by atoms with Gasteiger partial charge in [-0.1, -0.05) is 24.0 Å². The topological polar surface area (TPSA) is 78.6 Å². The molecule has 5 nitrogen and oxygen atoms in total. The maximum atomic E-state index is 12.2. The monoisotopic (exact) mass is 313 g/mol. The highest BCUT2D eigenvalue weighted by atomic mass is 16.5. The maximum absolute atomic E-state index is 12.2. The lowest BCUT2D eigenvalue weighted by Crippen LogP contribution is -2.40. The third-order valence-electron chi connectivity index (χ3n) is 3.29. The first kappa shape index (κ1) is 18.1. The Labute approximate surface area is 136 Å². The van der Waals surface area contributed by atoms with E-state index in [0.29, 0.717) is 11.3 Å². The van der Waals surface area contributed by atoms with Gasteiger partial charge in [-0.05, 0) is 19.1 Å². The van der Waals surface area contributed by atoms with E-state index in [1.54, 1.807) is 31.2 Å².